The van der Waals surface area contributed by atoms with Gasteiger partial charge >= 0.3 is 0 Å². The maximum Gasteiger partial charge on any atom is 0.254 e. The Morgan fingerprint density at radius 2 is 2.16 bits per heavy atom. The van der Waals surface area contributed by atoms with Gasteiger partial charge in [0.15, 0.2) is 0 Å². The van der Waals surface area contributed by atoms with Gasteiger partial charge in [-0.1, -0.05) is 6.07 Å². The number of nitrogen functional groups attached to an aromatic ring is 1. The molecule has 1 heterocycles. The number of carbonyl (C=O) groups excluding carboxylic acids is 1. The first kappa shape index (κ1) is 11.8. The lowest BCUT2D eigenvalue weighted by molar-refractivity contribution is 0.0717. The van der Waals surface area contributed by atoms with Crippen molar-refractivity contribution in [1.29, 1.82) is 0 Å². The van der Waals surface area contributed by atoms with Crippen molar-refractivity contribution >= 4 is 11.6 Å². The Morgan fingerprint density at radius 3 is 2.79 bits per heavy atom. The van der Waals surface area contributed by atoms with Gasteiger partial charge in [-0.15, -0.1) is 0 Å². The molecule has 1 aromatic heterocycles. The average molecular weight is 256 g/mol. The standard InChI is InChI=1S/C15H16N2O2/c16-12-4-1-3-11(9-12)15(18)17(13-6-7-13)10-14-5-2-8-19-14/h1-5,8-9,13H,6-7,10,16H2. The number of nitrogens with zero attached hydrogens (tertiary/aromatic N) is 1. The topological polar surface area (TPSA) is 59.5 Å². The molecule has 2 N–H and O–H groups in total. The summed E-state index contributed by atoms with van der Waals surface area (Å²) in [5.74, 6) is 0.829. The van der Waals surface area contributed by atoms with E-state index >= 15 is 0 Å². The fraction of sp³-hybridized carbons (Fsp3) is 0.267. The van der Waals surface area contributed by atoms with Crippen molar-refractivity contribution < 1.29 is 9.21 Å². The molecule has 3 rings (SSSR count). The van der Waals surface area contributed by atoms with E-state index in [0.717, 1.165) is 18.6 Å². The van der Waals surface area contributed by atoms with Crippen molar-refractivity contribution in [3.8, 4) is 0 Å². The molecule has 98 valence electrons. The van der Waals surface area contributed by atoms with E-state index in [-0.39, 0.29) is 5.91 Å². The van der Waals surface area contributed by atoms with E-state index in [1.54, 1.807) is 30.5 Å². The molecule has 2 aromatic rings. The van der Waals surface area contributed by atoms with Gasteiger partial charge in [0.2, 0.25) is 0 Å². The van der Waals surface area contributed by atoms with Gasteiger partial charge in [0.05, 0.1) is 12.8 Å². The number of hydrogen-bond acceptors (Lipinski definition) is 3. The molecule has 0 atom stereocenters. The SMILES string of the molecule is Nc1cccc(C(=O)N(Cc2ccco2)C2CC2)c1. The van der Waals surface area contributed by atoms with Crippen LogP contribution in [-0.4, -0.2) is 16.8 Å². The predicted octanol–water partition coefficient (Wildman–Crippen LogP) is 2.67. The maximum absolute atomic E-state index is 12.5. The van der Waals surface area contributed by atoms with Crippen molar-refractivity contribution in [3.05, 3.63) is 54.0 Å². The first-order chi connectivity index (χ1) is 9.24. The number of amides is 1. The van der Waals surface area contributed by atoms with Gasteiger partial charge in [-0.25, -0.2) is 0 Å². The van der Waals surface area contributed by atoms with Crippen LogP contribution in [-0.2, 0) is 6.54 Å². The van der Waals surface area contributed by atoms with Crippen molar-refractivity contribution in [1.82, 2.24) is 4.90 Å². The van der Waals surface area contributed by atoms with E-state index < -0.39 is 0 Å². The zero-order valence-corrected chi connectivity index (χ0v) is 10.6. The van der Waals surface area contributed by atoms with Crippen molar-refractivity contribution in [2.24, 2.45) is 0 Å². The fourth-order valence-electron chi connectivity index (χ4n) is 2.16. The van der Waals surface area contributed by atoms with E-state index in [0.29, 0.717) is 23.8 Å². The van der Waals surface area contributed by atoms with E-state index in [1.165, 1.54) is 0 Å². The summed E-state index contributed by atoms with van der Waals surface area (Å²) in [7, 11) is 0. The summed E-state index contributed by atoms with van der Waals surface area (Å²) >= 11 is 0. The second kappa shape index (κ2) is 4.80. The zero-order chi connectivity index (χ0) is 13.2. The quantitative estimate of drug-likeness (QED) is 0.855. The normalized spacial score (nSPS) is 14.3. The van der Waals surface area contributed by atoms with Crippen molar-refractivity contribution in [2.45, 2.75) is 25.4 Å². The van der Waals surface area contributed by atoms with Gasteiger partial charge in [-0.2, -0.15) is 0 Å². The van der Waals surface area contributed by atoms with Crippen LogP contribution in [0.15, 0.2) is 47.1 Å². The van der Waals surface area contributed by atoms with Gasteiger partial charge < -0.3 is 15.1 Å². The zero-order valence-electron chi connectivity index (χ0n) is 10.6. The minimum atomic E-state index is 0.0196. The molecule has 0 spiro atoms. The monoisotopic (exact) mass is 256 g/mol. The van der Waals surface area contributed by atoms with E-state index in [2.05, 4.69) is 0 Å². The fourth-order valence-corrected chi connectivity index (χ4v) is 2.16. The van der Waals surface area contributed by atoms with E-state index in [4.69, 9.17) is 10.2 Å². The van der Waals surface area contributed by atoms with Crippen LogP contribution in [0.1, 0.15) is 29.0 Å². The largest absolute Gasteiger partial charge is 0.467 e. The van der Waals surface area contributed by atoms with Crippen molar-refractivity contribution in [3.63, 3.8) is 0 Å². The molecule has 0 bridgehead atoms. The Balaban J connectivity index is 1.82. The minimum absolute atomic E-state index is 0.0196. The molecule has 4 nitrogen and oxygen atoms in total. The second-order valence-electron chi connectivity index (χ2n) is 4.87. The molecule has 4 heteroatoms. The molecular formula is C15H16N2O2. The van der Waals surface area contributed by atoms with Crippen LogP contribution in [0.5, 0.6) is 0 Å². The highest BCUT2D eigenvalue weighted by atomic mass is 16.3. The summed E-state index contributed by atoms with van der Waals surface area (Å²) in [6.45, 7) is 0.519. The van der Waals surface area contributed by atoms with Crippen molar-refractivity contribution in [2.75, 3.05) is 5.73 Å². The molecule has 1 aromatic carbocycles. The highest BCUT2D eigenvalue weighted by Crippen LogP contribution is 2.30. The van der Waals surface area contributed by atoms with Crippen LogP contribution in [0.4, 0.5) is 5.69 Å². The van der Waals surface area contributed by atoms with Crippen LogP contribution in [0, 0.1) is 0 Å². The minimum Gasteiger partial charge on any atom is -0.467 e. The Hall–Kier alpha value is -2.23. The summed E-state index contributed by atoms with van der Waals surface area (Å²) in [4.78, 5) is 14.4. The molecule has 1 amide bonds. The summed E-state index contributed by atoms with van der Waals surface area (Å²) in [6, 6.07) is 11.2. The average Bonchev–Trinajstić information content (AvgIpc) is 3.12. The smallest absolute Gasteiger partial charge is 0.254 e. The lowest BCUT2D eigenvalue weighted by atomic mass is 10.1. The lowest BCUT2D eigenvalue weighted by Crippen LogP contribution is -2.32. The highest BCUT2D eigenvalue weighted by Gasteiger charge is 2.33. The Labute approximate surface area is 111 Å². The molecule has 1 saturated carbocycles. The summed E-state index contributed by atoms with van der Waals surface area (Å²) in [6.07, 6.45) is 3.76. The molecule has 0 radical (unpaired) electrons. The Morgan fingerprint density at radius 1 is 1.32 bits per heavy atom. The number of rotatable bonds is 4. The third kappa shape index (κ3) is 2.62. The molecule has 0 saturated heterocycles. The molecule has 1 aliphatic carbocycles. The summed E-state index contributed by atoms with van der Waals surface area (Å²) < 4.78 is 5.33. The molecule has 0 unspecified atom stereocenters. The van der Waals surface area contributed by atoms with Crippen LogP contribution >= 0.6 is 0 Å². The van der Waals surface area contributed by atoms with Gasteiger partial charge in [0.1, 0.15) is 5.76 Å². The van der Waals surface area contributed by atoms with E-state index in [9.17, 15) is 4.79 Å². The Bertz CT molecular complexity index is 574. The number of carbonyl (C=O) groups is 1. The van der Waals surface area contributed by atoms with Gasteiger partial charge in [-0.05, 0) is 43.2 Å². The lowest BCUT2D eigenvalue weighted by Gasteiger charge is -2.21. The number of hydrogen-bond donors (Lipinski definition) is 1. The summed E-state index contributed by atoms with van der Waals surface area (Å²) in [5.41, 5.74) is 6.98. The van der Waals surface area contributed by atoms with Crippen LogP contribution in [0.2, 0.25) is 0 Å². The number of nitrogens with two attached hydrogens (primary N) is 1. The molecular weight excluding hydrogens is 240 g/mol. The maximum atomic E-state index is 12.5. The number of furan rings is 1. The number of anilines is 1. The first-order valence-corrected chi connectivity index (χ1v) is 6.43. The number of benzene rings is 1. The highest BCUT2D eigenvalue weighted by molar-refractivity contribution is 5.95. The van der Waals surface area contributed by atoms with Gasteiger partial charge in [-0.3, -0.25) is 4.79 Å². The van der Waals surface area contributed by atoms with Crippen LogP contribution in [0.25, 0.3) is 0 Å². The van der Waals surface area contributed by atoms with E-state index in [1.807, 2.05) is 17.0 Å². The first-order valence-electron chi connectivity index (χ1n) is 6.43. The molecule has 1 fully saturated rings. The second-order valence-corrected chi connectivity index (χ2v) is 4.87. The molecule has 0 aliphatic heterocycles. The third-order valence-electron chi connectivity index (χ3n) is 3.29. The molecule has 1 aliphatic rings. The Kier molecular flexibility index (Phi) is 2.99. The third-order valence-corrected chi connectivity index (χ3v) is 3.29. The van der Waals surface area contributed by atoms with Gasteiger partial charge in [0, 0.05) is 17.3 Å². The molecule has 19 heavy (non-hydrogen) atoms. The van der Waals surface area contributed by atoms with Crippen LogP contribution < -0.4 is 5.73 Å². The summed E-state index contributed by atoms with van der Waals surface area (Å²) in [5, 5.41) is 0. The van der Waals surface area contributed by atoms with Crippen LogP contribution in [0.3, 0.4) is 0 Å². The van der Waals surface area contributed by atoms with Gasteiger partial charge in [0.25, 0.3) is 5.91 Å². The predicted molar refractivity (Wildman–Crippen MR) is 72.5 cm³/mol.